The van der Waals surface area contributed by atoms with Crippen LogP contribution in [0.15, 0.2) is 0 Å². The van der Waals surface area contributed by atoms with Gasteiger partial charge >= 0.3 is 83.2 Å². The molecule has 0 aliphatic heterocycles. The minimum atomic E-state index is -9.95. The van der Waals surface area contributed by atoms with Crippen LogP contribution in [0.3, 0.4) is 0 Å². The monoisotopic (exact) mass is 937 g/mol. The Morgan fingerprint density at radius 3 is 0.965 bits per heavy atom. The third-order valence-corrected chi connectivity index (χ3v) is 8.23. The van der Waals surface area contributed by atoms with Gasteiger partial charge in [-0.15, -0.1) is 0 Å². The summed E-state index contributed by atoms with van der Waals surface area (Å²) < 4.78 is 395. The van der Waals surface area contributed by atoms with E-state index in [0.717, 1.165) is 0 Å². The molecular formula is C24H22F29N2OS+. The number of rotatable bonds is 21. The fourth-order valence-corrected chi connectivity index (χ4v) is 4.57. The molecule has 0 aromatic rings. The average Bonchev–Trinajstić information content (AvgIpc) is 2.99. The molecule has 3 nitrogen and oxygen atoms in total. The van der Waals surface area contributed by atoms with Gasteiger partial charge in [0.05, 0.1) is 33.4 Å². The lowest BCUT2D eigenvalue weighted by molar-refractivity contribution is -0.870. The molecule has 0 aromatic carbocycles. The fourth-order valence-electron chi connectivity index (χ4n) is 3.73. The van der Waals surface area contributed by atoms with Crippen molar-refractivity contribution in [1.29, 1.82) is 0 Å². The van der Waals surface area contributed by atoms with Gasteiger partial charge in [-0.1, -0.05) is 0 Å². The number of thioether (sulfide) groups is 1. The van der Waals surface area contributed by atoms with Crippen molar-refractivity contribution in [2.24, 2.45) is 0 Å². The Labute approximate surface area is 302 Å². The first-order valence-corrected chi connectivity index (χ1v) is 15.1. The number of alkyl halides is 29. The predicted molar refractivity (Wildman–Crippen MR) is 133 cm³/mol. The number of halogens is 29. The maximum atomic E-state index is 14.1. The van der Waals surface area contributed by atoms with Gasteiger partial charge in [0, 0.05) is 19.4 Å². The van der Waals surface area contributed by atoms with Gasteiger partial charge in [0.15, 0.2) is 0 Å². The van der Waals surface area contributed by atoms with E-state index in [2.05, 4.69) is 5.32 Å². The Bertz CT molecular complexity index is 1400. The molecule has 0 atom stereocenters. The lowest BCUT2D eigenvalue weighted by Gasteiger charge is -2.46. The fraction of sp³-hybridized carbons (Fsp3) is 0.958. The minimum absolute atomic E-state index is 0.127. The summed E-state index contributed by atoms with van der Waals surface area (Å²) in [4.78, 5) is 11.6. The van der Waals surface area contributed by atoms with E-state index in [1.54, 1.807) is 21.1 Å². The zero-order valence-corrected chi connectivity index (χ0v) is 28.3. The zero-order chi connectivity index (χ0) is 46.7. The highest BCUT2D eigenvalue weighted by Crippen LogP contribution is 2.69. The smallest absolute Gasteiger partial charge is 0.355 e. The Kier molecular flexibility index (Phi) is 14.7. The van der Waals surface area contributed by atoms with Crippen LogP contribution in [0.5, 0.6) is 0 Å². The summed E-state index contributed by atoms with van der Waals surface area (Å²) in [6.07, 6.45) is -11.0. The van der Waals surface area contributed by atoms with Crippen molar-refractivity contribution in [3.8, 4) is 0 Å². The first kappa shape index (κ1) is 54.8. The van der Waals surface area contributed by atoms with Crippen molar-refractivity contribution in [2.75, 3.05) is 45.7 Å². The third kappa shape index (κ3) is 8.42. The standard InChI is InChI=1S/C24H21F29N2OS/c1-55(2,3)7-4-6-54-10(56)9-57-8-5-11(25,26)12(27,28)13(29,30)14(31,32)15(33,34)16(35,36)17(37,38)18(39,40)19(41,42)20(43,44)21(45,46)22(47,48)23(49,50)24(51,52)53/h4-9H2,1-3H3/p+1. The van der Waals surface area contributed by atoms with E-state index >= 15 is 0 Å². The number of carbonyl (C=O) groups excluding carboxylic acids is 1. The molecule has 0 bridgehead atoms. The summed E-state index contributed by atoms with van der Waals surface area (Å²) in [6, 6.07) is 0. The number of hydrogen-bond donors (Lipinski definition) is 1. The lowest BCUT2D eigenvalue weighted by atomic mass is 9.83. The van der Waals surface area contributed by atoms with Crippen molar-refractivity contribution in [3.63, 3.8) is 0 Å². The Morgan fingerprint density at radius 1 is 0.439 bits per heavy atom. The Hall–Kier alpha value is -2.25. The molecule has 0 radical (unpaired) electrons. The van der Waals surface area contributed by atoms with Crippen LogP contribution in [0.25, 0.3) is 0 Å². The maximum Gasteiger partial charge on any atom is 0.460 e. The van der Waals surface area contributed by atoms with Crippen molar-refractivity contribution < 1.29 is 137 Å². The normalized spacial score (nSPS) is 16.3. The van der Waals surface area contributed by atoms with Crippen LogP contribution in [0, 0.1) is 0 Å². The van der Waals surface area contributed by atoms with E-state index in [1.165, 1.54) is 0 Å². The van der Waals surface area contributed by atoms with Crippen molar-refractivity contribution in [3.05, 3.63) is 0 Å². The molecule has 57 heavy (non-hydrogen) atoms. The molecule has 1 N–H and O–H groups in total. The molecule has 33 heteroatoms. The molecule has 0 saturated heterocycles. The van der Waals surface area contributed by atoms with E-state index in [9.17, 15) is 132 Å². The number of hydrogen-bond acceptors (Lipinski definition) is 2. The maximum absolute atomic E-state index is 14.1. The molecule has 0 unspecified atom stereocenters. The average molecular weight is 937 g/mol. The first-order chi connectivity index (χ1) is 24.4. The topological polar surface area (TPSA) is 29.1 Å². The van der Waals surface area contributed by atoms with Crippen LogP contribution in [-0.4, -0.2) is 139 Å². The van der Waals surface area contributed by atoms with Gasteiger partial charge in [-0.25, -0.2) is 0 Å². The molecule has 1 amide bonds. The SMILES string of the molecule is C[N+](C)(C)CCCNC(=O)CSCCC(F)(F)C(F)(F)C(F)(F)C(F)(F)C(F)(F)C(F)(F)C(F)(F)C(F)(F)C(F)(F)C(F)(F)C(F)(F)C(F)(F)C(F)(F)C(F)(F)F. The second kappa shape index (κ2) is 15.3. The molecule has 0 fully saturated rings. The van der Waals surface area contributed by atoms with Crippen LogP contribution in [0.1, 0.15) is 12.8 Å². The van der Waals surface area contributed by atoms with Gasteiger partial charge in [0.1, 0.15) is 0 Å². The largest absolute Gasteiger partial charge is 0.460 e. The van der Waals surface area contributed by atoms with Crippen molar-refractivity contribution in [2.45, 2.75) is 96.0 Å². The number of nitrogens with one attached hydrogen (secondary N) is 1. The van der Waals surface area contributed by atoms with E-state index in [4.69, 9.17) is 0 Å². The summed E-state index contributed by atoms with van der Waals surface area (Å²) in [5.41, 5.74) is 0. The van der Waals surface area contributed by atoms with Crippen LogP contribution in [-0.2, 0) is 4.79 Å². The number of quaternary nitrogens is 1. The first-order valence-electron chi connectivity index (χ1n) is 14.0. The number of nitrogens with zero attached hydrogens (tertiary/aromatic N) is 1. The molecule has 0 spiro atoms. The quantitative estimate of drug-likeness (QED) is 0.0706. The molecule has 0 heterocycles. The molecule has 0 aromatic heterocycles. The summed E-state index contributed by atoms with van der Waals surface area (Å²) in [5.74, 6) is -124. The highest BCUT2D eigenvalue weighted by atomic mass is 32.2. The predicted octanol–water partition coefficient (Wildman–Crippen LogP) is 10.1. The van der Waals surface area contributed by atoms with Crippen LogP contribution >= 0.6 is 11.8 Å². The molecule has 0 saturated carbocycles. The van der Waals surface area contributed by atoms with Gasteiger partial charge in [-0.3, -0.25) is 4.79 Å². The second-order valence-corrected chi connectivity index (χ2v) is 13.7. The second-order valence-electron chi connectivity index (χ2n) is 12.6. The minimum Gasteiger partial charge on any atom is -0.355 e. The van der Waals surface area contributed by atoms with Gasteiger partial charge in [0.2, 0.25) is 5.91 Å². The lowest BCUT2D eigenvalue weighted by Crippen LogP contribution is -2.79. The Balaban J connectivity index is 6.83. The van der Waals surface area contributed by atoms with Crippen LogP contribution in [0.4, 0.5) is 127 Å². The number of amides is 1. The molecule has 342 valence electrons. The summed E-state index contributed by atoms with van der Waals surface area (Å²) >= 11 is -0.231. The van der Waals surface area contributed by atoms with E-state index in [1.807, 2.05) is 0 Å². The van der Waals surface area contributed by atoms with Gasteiger partial charge in [-0.05, 0) is 5.75 Å². The van der Waals surface area contributed by atoms with E-state index < -0.39 is 107 Å². The van der Waals surface area contributed by atoms with Crippen LogP contribution in [0.2, 0.25) is 0 Å². The highest BCUT2D eigenvalue weighted by molar-refractivity contribution is 7.99. The van der Waals surface area contributed by atoms with E-state index in [-0.39, 0.29) is 24.7 Å². The van der Waals surface area contributed by atoms with Gasteiger partial charge in [-0.2, -0.15) is 139 Å². The van der Waals surface area contributed by atoms with Crippen LogP contribution < -0.4 is 5.32 Å². The third-order valence-electron chi connectivity index (χ3n) is 7.27. The summed E-state index contributed by atoms with van der Waals surface area (Å²) in [6.45, 7) is 0.275. The molecule has 0 rings (SSSR count). The molecule has 0 aliphatic rings. The van der Waals surface area contributed by atoms with Gasteiger partial charge in [0.25, 0.3) is 0 Å². The van der Waals surface area contributed by atoms with Crippen molar-refractivity contribution in [1.82, 2.24) is 5.32 Å². The summed E-state index contributed by atoms with van der Waals surface area (Å²) in [7, 11) is 5.06. The Morgan fingerprint density at radius 2 is 0.702 bits per heavy atom. The zero-order valence-electron chi connectivity index (χ0n) is 27.5. The van der Waals surface area contributed by atoms with E-state index in [0.29, 0.717) is 11.0 Å². The number of carbonyl (C=O) groups is 1. The van der Waals surface area contributed by atoms with Crippen molar-refractivity contribution >= 4 is 17.7 Å². The molecular weight excluding hydrogens is 915 g/mol. The highest BCUT2D eigenvalue weighted by Gasteiger charge is 3.00. The van der Waals surface area contributed by atoms with Gasteiger partial charge < -0.3 is 9.80 Å². The molecule has 0 aliphatic carbocycles. The summed E-state index contributed by atoms with van der Waals surface area (Å²) in [5, 5.41) is 2.10.